The number of esters is 1. The molecule has 0 rings (SSSR count). The van der Waals surface area contributed by atoms with E-state index < -0.39 is 0 Å². The summed E-state index contributed by atoms with van der Waals surface area (Å²) in [6.07, 6.45) is 1.13. The zero-order valence-electron chi connectivity index (χ0n) is 8.22. The van der Waals surface area contributed by atoms with Crippen LogP contribution in [-0.4, -0.2) is 25.7 Å². The van der Waals surface area contributed by atoms with E-state index in [9.17, 15) is 4.79 Å². The molecule has 0 fully saturated rings. The van der Waals surface area contributed by atoms with Gasteiger partial charge in [0.1, 0.15) is 0 Å². The lowest BCUT2D eigenvalue weighted by molar-refractivity contribution is -0.142. The Morgan fingerprint density at radius 2 is 2.17 bits per heavy atom. The average molecular weight is 173 g/mol. The summed E-state index contributed by atoms with van der Waals surface area (Å²) in [7, 11) is 0. The molecule has 1 atom stereocenters. The zero-order valence-corrected chi connectivity index (χ0v) is 8.22. The molecule has 0 spiro atoms. The van der Waals surface area contributed by atoms with Gasteiger partial charge in [-0.15, -0.1) is 0 Å². The first-order valence-electron chi connectivity index (χ1n) is 4.57. The molecule has 0 bridgehead atoms. The van der Waals surface area contributed by atoms with Crippen LogP contribution in [0.15, 0.2) is 0 Å². The molecule has 0 heterocycles. The van der Waals surface area contributed by atoms with Gasteiger partial charge in [-0.2, -0.15) is 0 Å². The highest BCUT2D eigenvalue weighted by Gasteiger charge is 2.02. The van der Waals surface area contributed by atoms with Gasteiger partial charge in [0, 0.05) is 0 Å². The summed E-state index contributed by atoms with van der Waals surface area (Å²) >= 11 is 0. The fourth-order valence-electron chi connectivity index (χ4n) is 0.777. The fraction of sp³-hybridized carbons (Fsp3) is 0.889. The Labute approximate surface area is 74.5 Å². The van der Waals surface area contributed by atoms with E-state index >= 15 is 0 Å². The van der Waals surface area contributed by atoms with Gasteiger partial charge in [0.2, 0.25) is 0 Å². The van der Waals surface area contributed by atoms with Gasteiger partial charge in [0.05, 0.1) is 13.2 Å². The third-order valence-corrected chi connectivity index (χ3v) is 1.76. The monoisotopic (exact) mass is 173 g/mol. The van der Waals surface area contributed by atoms with E-state index in [-0.39, 0.29) is 5.97 Å². The van der Waals surface area contributed by atoms with E-state index in [0.717, 1.165) is 13.0 Å². The van der Waals surface area contributed by atoms with Crippen LogP contribution in [-0.2, 0) is 9.53 Å². The van der Waals surface area contributed by atoms with Crippen LogP contribution in [0, 0.1) is 5.92 Å². The van der Waals surface area contributed by atoms with Crippen molar-refractivity contribution in [3.8, 4) is 0 Å². The predicted octanol–water partition coefficient (Wildman–Crippen LogP) is 1.19. The Morgan fingerprint density at radius 1 is 1.50 bits per heavy atom. The molecule has 72 valence electrons. The molecular weight excluding hydrogens is 154 g/mol. The number of carbonyl (C=O) groups is 1. The van der Waals surface area contributed by atoms with Crippen molar-refractivity contribution in [2.24, 2.45) is 5.92 Å². The van der Waals surface area contributed by atoms with E-state index in [4.69, 9.17) is 4.74 Å². The van der Waals surface area contributed by atoms with Crippen LogP contribution >= 0.6 is 0 Å². The highest BCUT2D eigenvalue weighted by Crippen LogP contribution is 1.96. The molecule has 0 aromatic rings. The average Bonchev–Trinajstić information content (AvgIpc) is 2.04. The first kappa shape index (κ1) is 11.4. The lowest BCUT2D eigenvalue weighted by Gasteiger charge is -2.08. The van der Waals surface area contributed by atoms with E-state index in [0.29, 0.717) is 19.1 Å². The van der Waals surface area contributed by atoms with Crippen LogP contribution < -0.4 is 5.32 Å². The molecular formula is C9H19NO2. The van der Waals surface area contributed by atoms with Crippen molar-refractivity contribution < 1.29 is 9.53 Å². The van der Waals surface area contributed by atoms with Crippen molar-refractivity contribution in [3.63, 3.8) is 0 Å². The van der Waals surface area contributed by atoms with Crippen LogP contribution in [0.1, 0.15) is 27.2 Å². The van der Waals surface area contributed by atoms with Crippen LogP contribution in [0.2, 0.25) is 0 Å². The largest absolute Gasteiger partial charge is 0.465 e. The van der Waals surface area contributed by atoms with Gasteiger partial charge < -0.3 is 10.1 Å². The Kier molecular flexibility index (Phi) is 6.76. The molecule has 0 aromatic heterocycles. The molecule has 0 aliphatic rings. The first-order valence-corrected chi connectivity index (χ1v) is 4.57. The van der Waals surface area contributed by atoms with Gasteiger partial charge in [-0.1, -0.05) is 20.3 Å². The minimum absolute atomic E-state index is 0.166. The Balaban J connectivity index is 3.24. The van der Waals surface area contributed by atoms with E-state index in [2.05, 4.69) is 19.2 Å². The van der Waals surface area contributed by atoms with Crippen molar-refractivity contribution in [1.82, 2.24) is 5.32 Å². The quantitative estimate of drug-likeness (QED) is 0.613. The summed E-state index contributed by atoms with van der Waals surface area (Å²) in [5.41, 5.74) is 0. The molecule has 3 heteroatoms. The van der Waals surface area contributed by atoms with Gasteiger partial charge in [0.15, 0.2) is 0 Å². The Bertz CT molecular complexity index is 126. The summed E-state index contributed by atoms with van der Waals surface area (Å²) in [6, 6.07) is 0. The van der Waals surface area contributed by atoms with Gasteiger partial charge >= 0.3 is 5.97 Å². The van der Waals surface area contributed by atoms with Crippen molar-refractivity contribution in [2.75, 3.05) is 19.7 Å². The molecule has 0 radical (unpaired) electrons. The maximum atomic E-state index is 10.8. The molecule has 0 aliphatic heterocycles. The maximum Gasteiger partial charge on any atom is 0.319 e. The number of carbonyl (C=O) groups excluding carboxylic acids is 1. The minimum Gasteiger partial charge on any atom is -0.465 e. The second-order valence-corrected chi connectivity index (χ2v) is 2.95. The normalized spacial score (nSPS) is 12.6. The lowest BCUT2D eigenvalue weighted by atomic mass is 10.1. The molecule has 0 saturated carbocycles. The molecule has 3 nitrogen and oxygen atoms in total. The Hall–Kier alpha value is -0.570. The number of hydrogen-bond donors (Lipinski definition) is 1. The highest BCUT2D eigenvalue weighted by molar-refractivity contribution is 5.71. The summed E-state index contributed by atoms with van der Waals surface area (Å²) in [5.74, 6) is 0.459. The second-order valence-electron chi connectivity index (χ2n) is 2.95. The standard InChI is InChI=1S/C9H19NO2/c1-4-8(3)6-10-7-9(11)12-5-2/h8,10H,4-7H2,1-3H3. The van der Waals surface area contributed by atoms with Crippen molar-refractivity contribution >= 4 is 5.97 Å². The van der Waals surface area contributed by atoms with Crippen LogP contribution in [0.4, 0.5) is 0 Å². The number of rotatable bonds is 6. The van der Waals surface area contributed by atoms with Gasteiger partial charge in [-0.3, -0.25) is 4.79 Å². The van der Waals surface area contributed by atoms with E-state index in [1.807, 2.05) is 6.92 Å². The summed E-state index contributed by atoms with van der Waals surface area (Å²) in [6.45, 7) is 7.78. The fourth-order valence-corrected chi connectivity index (χ4v) is 0.777. The molecule has 0 aliphatic carbocycles. The topological polar surface area (TPSA) is 38.3 Å². The number of hydrogen-bond acceptors (Lipinski definition) is 3. The lowest BCUT2D eigenvalue weighted by Crippen LogP contribution is -2.28. The van der Waals surface area contributed by atoms with Crippen LogP contribution in [0.3, 0.4) is 0 Å². The van der Waals surface area contributed by atoms with Crippen molar-refractivity contribution in [2.45, 2.75) is 27.2 Å². The van der Waals surface area contributed by atoms with E-state index in [1.54, 1.807) is 0 Å². The highest BCUT2D eigenvalue weighted by atomic mass is 16.5. The molecule has 1 N–H and O–H groups in total. The van der Waals surface area contributed by atoms with Crippen LogP contribution in [0.5, 0.6) is 0 Å². The minimum atomic E-state index is -0.166. The molecule has 0 saturated heterocycles. The molecule has 0 aromatic carbocycles. The SMILES string of the molecule is CCOC(=O)CNCC(C)CC. The molecule has 12 heavy (non-hydrogen) atoms. The predicted molar refractivity (Wildman–Crippen MR) is 49.0 cm³/mol. The third-order valence-electron chi connectivity index (χ3n) is 1.76. The molecule has 0 amide bonds. The second kappa shape index (κ2) is 7.10. The van der Waals surface area contributed by atoms with Gasteiger partial charge in [-0.25, -0.2) is 0 Å². The smallest absolute Gasteiger partial charge is 0.319 e. The number of nitrogens with one attached hydrogen (secondary N) is 1. The third kappa shape index (κ3) is 6.16. The maximum absolute atomic E-state index is 10.8. The summed E-state index contributed by atoms with van der Waals surface area (Å²) in [4.78, 5) is 10.8. The zero-order chi connectivity index (χ0) is 9.40. The number of ether oxygens (including phenoxy) is 1. The Morgan fingerprint density at radius 3 is 2.67 bits per heavy atom. The van der Waals surface area contributed by atoms with Crippen molar-refractivity contribution in [3.05, 3.63) is 0 Å². The van der Waals surface area contributed by atoms with Gasteiger partial charge in [-0.05, 0) is 19.4 Å². The summed E-state index contributed by atoms with van der Waals surface area (Å²) in [5, 5.41) is 3.05. The van der Waals surface area contributed by atoms with Crippen LogP contribution in [0.25, 0.3) is 0 Å². The van der Waals surface area contributed by atoms with Crippen molar-refractivity contribution in [1.29, 1.82) is 0 Å². The van der Waals surface area contributed by atoms with E-state index in [1.165, 1.54) is 0 Å². The summed E-state index contributed by atoms with van der Waals surface area (Å²) < 4.78 is 4.76. The van der Waals surface area contributed by atoms with Gasteiger partial charge in [0.25, 0.3) is 0 Å². The first-order chi connectivity index (χ1) is 5.70. The molecule has 1 unspecified atom stereocenters.